The van der Waals surface area contributed by atoms with E-state index in [1.54, 1.807) is 0 Å². The molecule has 4 heteroatoms. The van der Waals surface area contributed by atoms with Gasteiger partial charge in [0.2, 0.25) is 0 Å². The van der Waals surface area contributed by atoms with Gasteiger partial charge in [0.1, 0.15) is 6.10 Å². The van der Waals surface area contributed by atoms with E-state index >= 15 is 0 Å². The molecule has 134 valence electrons. The van der Waals surface area contributed by atoms with Crippen molar-refractivity contribution in [2.75, 3.05) is 26.2 Å². The Bertz CT molecular complexity index is 353. The van der Waals surface area contributed by atoms with Gasteiger partial charge in [0.15, 0.2) is 0 Å². The third-order valence-electron chi connectivity index (χ3n) is 5.50. The lowest BCUT2D eigenvalue weighted by Crippen LogP contribution is -2.46. The van der Waals surface area contributed by atoms with Gasteiger partial charge in [0, 0.05) is 13.1 Å². The van der Waals surface area contributed by atoms with E-state index < -0.39 is 0 Å². The number of hydrogen-bond donors (Lipinski definition) is 1. The summed E-state index contributed by atoms with van der Waals surface area (Å²) in [5, 5.41) is 3.43. The minimum atomic E-state index is -0.226. The zero-order valence-corrected chi connectivity index (χ0v) is 15.4. The van der Waals surface area contributed by atoms with E-state index in [1.165, 1.54) is 12.8 Å². The van der Waals surface area contributed by atoms with Crippen LogP contribution in [0.3, 0.4) is 0 Å². The maximum absolute atomic E-state index is 12.8. The molecule has 4 nitrogen and oxygen atoms in total. The quantitative estimate of drug-likeness (QED) is 0.782. The molecule has 0 bridgehead atoms. The van der Waals surface area contributed by atoms with Crippen LogP contribution in [0.25, 0.3) is 0 Å². The van der Waals surface area contributed by atoms with Gasteiger partial charge >= 0.3 is 0 Å². The number of nitrogens with zero attached hydrogens (tertiary/aromatic N) is 1. The number of amides is 1. The van der Waals surface area contributed by atoms with Crippen LogP contribution in [-0.4, -0.2) is 49.2 Å². The molecule has 1 saturated carbocycles. The van der Waals surface area contributed by atoms with Crippen LogP contribution in [-0.2, 0) is 9.53 Å². The number of hydrogen-bond acceptors (Lipinski definition) is 3. The van der Waals surface area contributed by atoms with E-state index in [4.69, 9.17) is 4.74 Å². The highest BCUT2D eigenvalue weighted by Gasteiger charge is 2.30. The molecular weight excluding hydrogens is 288 g/mol. The molecule has 0 aromatic rings. The van der Waals surface area contributed by atoms with Gasteiger partial charge in [0.05, 0.1) is 6.10 Å². The van der Waals surface area contributed by atoms with Crippen molar-refractivity contribution in [1.29, 1.82) is 0 Å². The van der Waals surface area contributed by atoms with Crippen LogP contribution >= 0.6 is 0 Å². The van der Waals surface area contributed by atoms with Crippen molar-refractivity contribution in [3.63, 3.8) is 0 Å². The summed E-state index contributed by atoms with van der Waals surface area (Å²) in [5.41, 5.74) is 0. The fourth-order valence-electron chi connectivity index (χ4n) is 3.97. The molecule has 1 aliphatic carbocycles. The van der Waals surface area contributed by atoms with Gasteiger partial charge in [-0.25, -0.2) is 0 Å². The van der Waals surface area contributed by atoms with E-state index in [1.807, 2.05) is 4.90 Å². The molecule has 3 unspecified atom stereocenters. The highest BCUT2D eigenvalue weighted by molar-refractivity contribution is 5.81. The Balaban J connectivity index is 1.78. The van der Waals surface area contributed by atoms with Crippen LogP contribution in [0.5, 0.6) is 0 Å². The Kier molecular flexibility index (Phi) is 7.84. The molecule has 0 spiro atoms. The van der Waals surface area contributed by atoms with Crippen molar-refractivity contribution in [3.8, 4) is 0 Å². The first kappa shape index (κ1) is 18.7. The second-order valence-corrected chi connectivity index (χ2v) is 7.50. The minimum absolute atomic E-state index is 0.226. The van der Waals surface area contributed by atoms with Crippen molar-refractivity contribution < 1.29 is 9.53 Å². The fraction of sp³-hybridized carbons (Fsp3) is 0.947. The summed E-state index contributed by atoms with van der Waals surface area (Å²) in [7, 11) is 0. The Morgan fingerprint density at radius 1 is 1.22 bits per heavy atom. The van der Waals surface area contributed by atoms with E-state index in [2.05, 4.69) is 26.1 Å². The third-order valence-corrected chi connectivity index (χ3v) is 5.50. The first-order valence-electron chi connectivity index (χ1n) is 9.78. The first-order chi connectivity index (χ1) is 11.1. The maximum Gasteiger partial charge on any atom is 0.251 e. The van der Waals surface area contributed by atoms with E-state index in [0.29, 0.717) is 6.10 Å². The third kappa shape index (κ3) is 5.75. The van der Waals surface area contributed by atoms with Gasteiger partial charge in [-0.2, -0.15) is 0 Å². The number of carbonyl (C=O) groups excluding carboxylic acids is 1. The highest BCUT2D eigenvalue weighted by atomic mass is 16.5. The summed E-state index contributed by atoms with van der Waals surface area (Å²) in [4.78, 5) is 14.8. The Morgan fingerprint density at radius 3 is 2.57 bits per heavy atom. The minimum Gasteiger partial charge on any atom is -0.365 e. The monoisotopic (exact) mass is 324 g/mol. The largest absolute Gasteiger partial charge is 0.365 e. The predicted octanol–water partition coefficient (Wildman–Crippen LogP) is 3.21. The fourth-order valence-corrected chi connectivity index (χ4v) is 3.97. The second-order valence-electron chi connectivity index (χ2n) is 7.50. The number of carbonyl (C=O) groups is 1. The van der Waals surface area contributed by atoms with Gasteiger partial charge in [-0.3, -0.25) is 4.79 Å². The average Bonchev–Trinajstić information content (AvgIpc) is 2.58. The number of likely N-dealkylation sites (tertiary alicyclic amines) is 1. The van der Waals surface area contributed by atoms with Gasteiger partial charge in [0.25, 0.3) is 5.91 Å². The van der Waals surface area contributed by atoms with E-state index in [9.17, 15) is 4.79 Å². The molecule has 1 heterocycles. The average molecular weight is 325 g/mol. The number of rotatable bonds is 7. The van der Waals surface area contributed by atoms with Crippen molar-refractivity contribution in [2.24, 2.45) is 11.8 Å². The van der Waals surface area contributed by atoms with Crippen molar-refractivity contribution >= 4 is 5.91 Å². The van der Waals surface area contributed by atoms with Gasteiger partial charge in [-0.1, -0.05) is 33.6 Å². The Hall–Kier alpha value is -0.610. The van der Waals surface area contributed by atoms with Crippen LogP contribution in [0.15, 0.2) is 0 Å². The number of ether oxygens (including phenoxy) is 1. The molecule has 0 aromatic carbocycles. The standard InChI is InChI=1S/C19H36N2O2/c1-4-18(23-17-8-6-7-15(3)13-17)19(22)21-11-9-16(10-12-21)14-20-5-2/h15-18,20H,4-14H2,1-3H3. The Morgan fingerprint density at radius 2 is 1.96 bits per heavy atom. The lowest BCUT2D eigenvalue weighted by atomic mass is 9.88. The number of piperidine rings is 1. The molecule has 1 N–H and O–H groups in total. The summed E-state index contributed by atoms with van der Waals surface area (Å²) in [6.07, 6.45) is 7.89. The maximum atomic E-state index is 12.8. The summed E-state index contributed by atoms with van der Waals surface area (Å²) in [6, 6.07) is 0. The van der Waals surface area contributed by atoms with Crippen LogP contribution in [0.4, 0.5) is 0 Å². The summed E-state index contributed by atoms with van der Waals surface area (Å²) in [5.74, 6) is 1.69. The normalized spacial score (nSPS) is 27.9. The molecule has 1 saturated heterocycles. The van der Waals surface area contributed by atoms with Crippen LogP contribution < -0.4 is 5.32 Å². The zero-order valence-electron chi connectivity index (χ0n) is 15.4. The predicted molar refractivity (Wildman–Crippen MR) is 94.4 cm³/mol. The molecule has 0 aromatic heterocycles. The van der Waals surface area contributed by atoms with E-state index in [0.717, 1.165) is 70.1 Å². The van der Waals surface area contributed by atoms with Gasteiger partial charge in [-0.05, 0) is 57.0 Å². The molecule has 1 amide bonds. The topological polar surface area (TPSA) is 41.6 Å². The van der Waals surface area contributed by atoms with Gasteiger partial charge < -0.3 is 15.0 Å². The van der Waals surface area contributed by atoms with Crippen molar-refractivity contribution in [2.45, 2.75) is 77.9 Å². The first-order valence-corrected chi connectivity index (χ1v) is 9.78. The van der Waals surface area contributed by atoms with Crippen LogP contribution in [0.2, 0.25) is 0 Å². The van der Waals surface area contributed by atoms with Gasteiger partial charge in [-0.15, -0.1) is 0 Å². The number of nitrogens with one attached hydrogen (secondary N) is 1. The second kappa shape index (κ2) is 9.63. The molecule has 1 aliphatic heterocycles. The smallest absolute Gasteiger partial charge is 0.251 e. The molecule has 2 rings (SSSR count). The van der Waals surface area contributed by atoms with Crippen LogP contribution in [0.1, 0.15) is 65.7 Å². The van der Waals surface area contributed by atoms with Crippen molar-refractivity contribution in [3.05, 3.63) is 0 Å². The molecule has 3 atom stereocenters. The highest BCUT2D eigenvalue weighted by Crippen LogP contribution is 2.27. The molecule has 0 radical (unpaired) electrons. The molecular formula is C19H36N2O2. The summed E-state index contributed by atoms with van der Waals surface area (Å²) < 4.78 is 6.21. The van der Waals surface area contributed by atoms with Crippen LogP contribution in [0, 0.1) is 11.8 Å². The van der Waals surface area contributed by atoms with Crippen molar-refractivity contribution in [1.82, 2.24) is 10.2 Å². The summed E-state index contributed by atoms with van der Waals surface area (Å²) >= 11 is 0. The lowest BCUT2D eigenvalue weighted by Gasteiger charge is -2.36. The molecule has 23 heavy (non-hydrogen) atoms. The lowest BCUT2D eigenvalue weighted by molar-refractivity contribution is -0.151. The molecule has 2 fully saturated rings. The summed E-state index contributed by atoms with van der Waals surface area (Å²) in [6.45, 7) is 10.4. The Labute approximate surface area is 142 Å². The zero-order chi connectivity index (χ0) is 16.7. The SMILES string of the molecule is CCNCC1CCN(C(=O)C(CC)OC2CCCC(C)C2)CC1. The van der Waals surface area contributed by atoms with E-state index in [-0.39, 0.29) is 12.0 Å². The molecule has 2 aliphatic rings.